The molecule has 3 N–H and O–H groups in total. The van der Waals surface area contributed by atoms with Crippen LogP contribution >= 0.6 is 0 Å². The molecule has 2 aliphatic carbocycles. The third kappa shape index (κ3) is 1.41. The van der Waals surface area contributed by atoms with Gasteiger partial charge < -0.3 is 10.8 Å². The second-order valence-corrected chi connectivity index (χ2v) is 5.82. The van der Waals surface area contributed by atoms with Gasteiger partial charge in [0.15, 0.2) is 0 Å². The third-order valence-corrected chi connectivity index (χ3v) is 5.13. The summed E-state index contributed by atoms with van der Waals surface area (Å²) in [6, 6.07) is 5.05. The Kier molecular flexibility index (Phi) is 2.72. The molecule has 0 heterocycles. The maximum Gasteiger partial charge on any atom is 0.126 e. The van der Waals surface area contributed by atoms with Gasteiger partial charge >= 0.3 is 0 Å². The Morgan fingerprint density at radius 2 is 1.94 bits per heavy atom. The molecule has 1 saturated carbocycles. The molecule has 1 fully saturated rings. The molecule has 2 nitrogen and oxygen atoms in total. The zero-order chi connectivity index (χ0) is 12.8. The van der Waals surface area contributed by atoms with Gasteiger partial charge in [-0.2, -0.15) is 0 Å². The van der Waals surface area contributed by atoms with Crippen LogP contribution in [0.15, 0.2) is 18.2 Å². The molecule has 0 aliphatic heterocycles. The molecule has 1 unspecified atom stereocenters. The maximum atomic E-state index is 13.8. The molecule has 0 amide bonds. The number of hydrogen-bond donors (Lipinski definition) is 2. The van der Waals surface area contributed by atoms with E-state index in [1.165, 1.54) is 6.07 Å². The van der Waals surface area contributed by atoms with E-state index < -0.39 is 5.60 Å². The van der Waals surface area contributed by atoms with Crippen LogP contribution in [-0.2, 0) is 12.0 Å². The zero-order valence-electron chi connectivity index (χ0n) is 10.6. The van der Waals surface area contributed by atoms with Crippen LogP contribution < -0.4 is 5.73 Å². The lowest BCUT2D eigenvalue weighted by molar-refractivity contribution is -0.0835. The average Bonchev–Trinajstić information content (AvgIpc) is 2.98. The molecule has 2 aliphatic rings. The molecule has 3 rings (SSSR count). The molecule has 18 heavy (non-hydrogen) atoms. The van der Waals surface area contributed by atoms with Crippen molar-refractivity contribution >= 4 is 0 Å². The summed E-state index contributed by atoms with van der Waals surface area (Å²) in [5, 5.41) is 11.2. The van der Waals surface area contributed by atoms with Gasteiger partial charge in [0.1, 0.15) is 5.82 Å². The number of rotatable bonds is 2. The standard InChI is InChI=1S/C15H20FNO/c16-13-5-3-4-12-11(13)6-9-15(12,18)14(10-17)7-1-2-8-14/h3-5,18H,1-2,6-10,17H2. The highest BCUT2D eigenvalue weighted by atomic mass is 19.1. The van der Waals surface area contributed by atoms with Gasteiger partial charge in [-0.05, 0) is 42.9 Å². The first-order valence-electron chi connectivity index (χ1n) is 6.83. The molecule has 0 saturated heterocycles. The maximum absolute atomic E-state index is 13.8. The fourth-order valence-corrected chi connectivity index (χ4v) is 4.03. The van der Waals surface area contributed by atoms with Gasteiger partial charge in [-0.3, -0.25) is 0 Å². The quantitative estimate of drug-likeness (QED) is 0.846. The van der Waals surface area contributed by atoms with Crippen molar-refractivity contribution in [2.75, 3.05) is 6.54 Å². The Morgan fingerprint density at radius 1 is 1.22 bits per heavy atom. The molecule has 0 radical (unpaired) electrons. The fourth-order valence-electron chi connectivity index (χ4n) is 4.03. The normalized spacial score (nSPS) is 29.5. The van der Waals surface area contributed by atoms with Crippen LogP contribution in [-0.4, -0.2) is 11.7 Å². The summed E-state index contributed by atoms with van der Waals surface area (Å²) >= 11 is 0. The van der Waals surface area contributed by atoms with Crippen LogP contribution in [0.5, 0.6) is 0 Å². The Bertz CT molecular complexity index is 468. The summed E-state index contributed by atoms with van der Waals surface area (Å²) in [4.78, 5) is 0. The van der Waals surface area contributed by atoms with Crippen molar-refractivity contribution in [2.45, 2.75) is 44.1 Å². The van der Waals surface area contributed by atoms with E-state index in [4.69, 9.17) is 5.73 Å². The summed E-state index contributed by atoms with van der Waals surface area (Å²) in [5.74, 6) is -0.186. The van der Waals surface area contributed by atoms with Gasteiger partial charge in [0.05, 0.1) is 5.60 Å². The van der Waals surface area contributed by atoms with Gasteiger partial charge in [0.25, 0.3) is 0 Å². The summed E-state index contributed by atoms with van der Waals surface area (Å²) in [7, 11) is 0. The second-order valence-electron chi connectivity index (χ2n) is 5.82. The van der Waals surface area contributed by atoms with Crippen LogP contribution in [0.4, 0.5) is 4.39 Å². The van der Waals surface area contributed by atoms with Gasteiger partial charge in [-0.25, -0.2) is 4.39 Å². The molecular weight excluding hydrogens is 229 g/mol. The Labute approximate surface area is 107 Å². The van der Waals surface area contributed by atoms with Crippen molar-refractivity contribution in [1.29, 1.82) is 0 Å². The van der Waals surface area contributed by atoms with E-state index in [0.29, 0.717) is 24.9 Å². The lowest BCUT2D eigenvalue weighted by atomic mass is 9.67. The Morgan fingerprint density at radius 3 is 2.61 bits per heavy atom. The number of fused-ring (bicyclic) bond motifs is 1. The predicted octanol–water partition coefficient (Wildman–Crippen LogP) is 2.48. The second kappa shape index (κ2) is 4.04. The molecule has 0 spiro atoms. The van der Waals surface area contributed by atoms with Crippen LogP contribution in [0.1, 0.15) is 43.2 Å². The van der Waals surface area contributed by atoms with E-state index in [-0.39, 0.29) is 11.2 Å². The molecule has 0 aromatic heterocycles. The minimum absolute atomic E-state index is 0.186. The highest BCUT2D eigenvalue weighted by Gasteiger charge is 2.54. The molecule has 98 valence electrons. The van der Waals surface area contributed by atoms with Crippen molar-refractivity contribution in [3.8, 4) is 0 Å². The predicted molar refractivity (Wildman–Crippen MR) is 68.6 cm³/mol. The van der Waals surface area contributed by atoms with Crippen LogP contribution in [0.25, 0.3) is 0 Å². The molecular formula is C15H20FNO. The topological polar surface area (TPSA) is 46.2 Å². The van der Waals surface area contributed by atoms with E-state index >= 15 is 0 Å². The van der Waals surface area contributed by atoms with E-state index in [2.05, 4.69) is 0 Å². The van der Waals surface area contributed by atoms with Crippen molar-refractivity contribution < 1.29 is 9.50 Å². The zero-order valence-corrected chi connectivity index (χ0v) is 10.6. The number of benzene rings is 1. The van der Waals surface area contributed by atoms with E-state index in [9.17, 15) is 9.50 Å². The molecule has 1 atom stereocenters. The van der Waals surface area contributed by atoms with Crippen LogP contribution in [0.3, 0.4) is 0 Å². The van der Waals surface area contributed by atoms with Crippen molar-refractivity contribution in [1.82, 2.24) is 0 Å². The first-order valence-corrected chi connectivity index (χ1v) is 6.83. The van der Waals surface area contributed by atoms with Crippen molar-refractivity contribution in [2.24, 2.45) is 11.1 Å². The number of hydrogen-bond acceptors (Lipinski definition) is 2. The van der Waals surface area contributed by atoms with Crippen LogP contribution in [0.2, 0.25) is 0 Å². The minimum atomic E-state index is -0.921. The number of nitrogens with two attached hydrogens (primary N) is 1. The van der Waals surface area contributed by atoms with E-state index in [1.54, 1.807) is 6.07 Å². The molecule has 3 heteroatoms. The highest BCUT2D eigenvalue weighted by molar-refractivity contribution is 5.40. The monoisotopic (exact) mass is 249 g/mol. The van der Waals surface area contributed by atoms with E-state index in [0.717, 1.165) is 31.2 Å². The van der Waals surface area contributed by atoms with Gasteiger partial charge in [-0.1, -0.05) is 25.0 Å². The van der Waals surface area contributed by atoms with E-state index in [1.807, 2.05) is 6.07 Å². The molecule has 1 aromatic rings. The summed E-state index contributed by atoms with van der Waals surface area (Å²) < 4.78 is 13.8. The molecule has 0 bridgehead atoms. The van der Waals surface area contributed by atoms with Gasteiger partial charge in [0, 0.05) is 12.0 Å². The highest BCUT2D eigenvalue weighted by Crippen LogP contribution is 2.56. The summed E-state index contributed by atoms with van der Waals surface area (Å²) in [5.41, 5.74) is 6.29. The fraction of sp³-hybridized carbons (Fsp3) is 0.600. The van der Waals surface area contributed by atoms with Crippen LogP contribution in [0, 0.1) is 11.2 Å². The smallest absolute Gasteiger partial charge is 0.126 e. The number of halogens is 1. The SMILES string of the molecule is NCC1(C2(O)CCc3c(F)cccc32)CCCC1. The minimum Gasteiger partial charge on any atom is -0.385 e. The lowest BCUT2D eigenvalue weighted by Gasteiger charge is -2.43. The third-order valence-electron chi connectivity index (χ3n) is 5.13. The van der Waals surface area contributed by atoms with Crippen molar-refractivity contribution in [3.63, 3.8) is 0 Å². The Hall–Kier alpha value is -0.930. The van der Waals surface area contributed by atoms with Gasteiger partial charge in [-0.15, -0.1) is 0 Å². The molecule has 1 aromatic carbocycles. The summed E-state index contributed by atoms with van der Waals surface area (Å²) in [6.07, 6.45) is 5.38. The lowest BCUT2D eigenvalue weighted by Crippen LogP contribution is -2.47. The number of aliphatic hydroxyl groups is 1. The average molecular weight is 249 g/mol. The largest absolute Gasteiger partial charge is 0.385 e. The first kappa shape index (κ1) is 12.1. The summed E-state index contributed by atoms with van der Waals surface area (Å²) in [6.45, 7) is 0.486. The first-order chi connectivity index (χ1) is 8.63. The Balaban J connectivity index is 2.11. The van der Waals surface area contributed by atoms with Crippen molar-refractivity contribution in [3.05, 3.63) is 35.1 Å². The van der Waals surface area contributed by atoms with Gasteiger partial charge in [0.2, 0.25) is 0 Å².